The molecule has 3 aliphatic rings. The predicted octanol–water partition coefficient (Wildman–Crippen LogP) is 4.50. The molecule has 0 spiro atoms. The smallest absolute Gasteiger partial charge is 0.272 e. The minimum absolute atomic E-state index is 0.0768. The summed E-state index contributed by atoms with van der Waals surface area (Å²) in [4.78, 5) is 41.7. The van der Waals surface area contributed by atoms with Gasteiger partial charge in [-0.2, -0.15) is 0 Å². The first-order chi connectivity index (χ1) is 19.0. The van der Waals surface area contributed by atoms with E-state index in [0.29, 0.717) is 18.8 Å². The molecule has 39 heavy (non-hydrogen) atoms. The van der Waals surface area contributed by atoms with E-state index in [2.05, 4.69) is 16.3 Å². The van der Waals surface area contributed by atoms with Gasteiger partial charge in [-0.3, -0.25) is 9.59 Å². The highest BCUT2D eigenvalue weighted by Gasteiger charge is 2.31. The highest BCUT2D eigenvalue weighted by Crippen LogP contribution is 2.31. The molecule has 0 unspecified atom stereocenters. The number of aldehydes is 1. The third kappa shape index (κ3) is 5.75. The molecular formula is C31H40N4O4. The second-order valence-electron chi connectivity index (χ2n) is 10.8. The lowest BCUT2D eigenvalue weighted by Gasteiger charge is -2.40. The first-order valence-electron chi connectivity index (χ1n) is 14.5. The fourth-order valence-electron chi connectivity index (χ4n) is 6.25. The van der Waals surface area contributed by atoms with Gasteiger partial charge >= 0.3 is 0 Å². The second kappa shape index (κ2) is 12.1. The highest BCUT2D eigenvalue weighted by atomic mass is 16.5. The molecule has 1 saturated carbocycles. The number of aromatic nitrogens is 1. The van der Waals surface area contributed by atoms with Crippen LogP contribution in [0.2, 0.25) is 0 Å². The van der Waals surface area contributed by atoms with Crippen LogP contribution in [0, 0.1) is 11.8 Å². The number of piperazine rings is 1. The Balaban J connectivity index is 1.18. The van der Waals surface area contributed by atoms with Gasteiger partial charge in [-0.25, -0.2) is 0 Å². The van der Waals surface area contributed by atoms with E-state index in [9.17, 15) is 14.4 Å². The van der Waals surface area contributed by atoms with Crippen molar-refractivity contribution in [3.05, 3.63) is 53.5 Å². The van der Waals surface area contributed by atoms with Crippen LogP contribution in [-0.4, -0.2) is 65.3 Å². The van der Waals surface area contributed by atoms with Gasteiger partial charge < -0.3 is 29.2 Å². The summed E-state index contributed by atoms with van der Waals surface area (Å²) in [5, 5.41) is 4.09. The normalized spacial score (nSPS) is 21.8. The Labute approximate surface area is 230 Å². The number of hydrogen-bond donors (Lipinski definition) is 1. The van der Waals surface area contributed by atoms with Crippen LogP contribution in [0.25, 0.3) is 10.9 Å². The fraction of sp³-hybridized carbons (Fsp3) is 0.516. The van der Waals surface area contributed by atoms with Crippen LogP contribution < -0.4 is 10.1 Å². The van der Waals surface area contributed by atoms with Gasteiger partial charge in [-0.15, -0.1) is 0 Å². The maximum Gasteiger partial charge on any atom is 0.272 e. The van der Waals surface area contributed by atoms with Crippen LogP contribution in [0.5, 0.6) is 5.75 Å². The summed E-state index contributed by atoms with van der Waals surface area (Å²) in [6, 6.07) is 7.86. The number of rotatable bonds is 8. The minimum Gasteiger partial charge on any atom is -0.493 e. The van der Waals surface area contributed by atoms with Gasteiger partial charge in [-0.1, -0.05) is 6.07 Å². The van der Waals surface area contributed by atoms with Crippen molar-refractivity contribution in [3.63, 3.8) is 0 Å². The molecule has 1 aliphatic heterocycles. The van der Waals surface area contributed by atoms with E-state index in [1.807, 2.05) is 53.7 Å². The van der Waals surface area contributed by atoms with Gasteiger partial charge in [0.2, 0.25) is 5.91 Å². The Morgan fingerprint density at radius 1 is 1.03 bits per heavy atom. The molecule has 1 N–H and O–H groups in total. The lowest BCUT2D eigenvalue weighted by molar-refractivity contribution is -0.138. The van der Waals surface area contributed by atoms with Gasteiger partial charge in [0.15, 0.2) is 0 Å². The standard InChI is InChI=1S/C31H40N4O4/c1-3-35-27-6-5-7-29(39-4-2)26(27)20-28(35)30(37)32-24-12-14-25(15-13-24)33-16-18-34(19-17-33)31(38)23-10-8-22(21-36)9-11-23/h5-7,12,14,20-23H,3-4,8-11,13,15-19H2,1-2H3,(H,32,37). The predicted molar refractivity (Wildman–Crippen MR) is 151 cm³/mol. The summed E-state index contributed by atoms with van der Waals surface area (Å²) in [5.41, 5.74) is 3.81. The number of nitrogens with one attached hydrogen (secondary N) is 1. The molecule has 8 heteroatoms. The summed E-state index contributed by atoms with van der Waals surface area (Å²) in [5.74, 6) is 1.17. The van der Waals surface area contributed by atoms with E-state index in [1.165, 1.54) is 5.70 Å². The summed E-state index contributed by atoms with van der Waals surface area (Å²) in [7, 11) is 0. The zero-order valence-electron chi connectivity index (χ0n) is 23.2. The van der Waals surface area contributed by atoms with Crippen LogP contribution in [0.4, 0.5) is 0 Å². The van der Waals surface area contributed by atoms with Crippen LogP contribution >= 0.6 is 0 Å². The fourth-order valence-corrected chi connectivity index (χ4v) is 6.25. The van der Waals surface area contributed by atoms with Crippen molar-refractivity contribution in [1.29, 1.82) is 0 Å². The van der Waals surface area contributed by atoms with Crippen molar-refractivity contribution < 1.29 is 19.1 Å². The first-order valence-corrected chi connectivity index (χ1v) is 14.5. The Hall–Kier alpha value is -3.55. The molecule has 1 aromatic carbocycles. The van der Waals surface area contributed by atoms with Gasteiger partial charge in [0.25, 0.3) is 5.91 Å². The minimum atomic E-state index is -0.104. The molecule has 5 rings (SSSR count). The Kier molecular flexibility index (Phi) is 8.38. The van der Waals surface area contributed by atoms with Gasteiger partial charge in [0.1, 0.15) is 17.7 Å². The molecule has 1 saturated heterocycles. The molecule has 2 aliphatic carbocycles. The maximum absolute atomic E-state index is 13.3. The van der Waals surface area contributed by atoms with Gasteiger partial charge in [-0.05, 0) is 82.7 Å². The highest BCUT2D eigenvalue weighted by molar-refractivity contribution is 6.01. The van der Waals surface area contributed by atoms with Crippen molar-refractivity contribution in [2.24, 2.45) is 11.8 Å². The van der Waals surface area contributed by atoms with Crippen molar-refractivity contribution in [2.75, 3.05) is 32.8 Å². The van der Waals surface area contributed by atoms with Crippen molar-refractivity contribution >= 4 is 29.0 Å². The molecule has 2 amide bonds. The van der Waals surface area contributed by atoms with E-state index in [1.54, 1.807) is 0 Å². The number of fused-ring (bicyclic) bond motifs is 1. The topological polar surface area (TPSA) is 83.9 Å². The first kappa shape index (κ1) is 27.0. The Bertz CT molecular complexity index is 1280. The molecular weight excluding hydrogens is 492 g/mol. The molecule has 2 heterocycles. The summed E-state index contributed by atoms with van der Waals surface area (Å²) in [6.45, 7) is 8.41. The van der Waals surface area contributed by atoms with Gasteiger partial charge in [0, 0.05) is 61.3 Å². The van der Waals surface area contributed by atoms with E-state index in [0.717, 1.165) is 93.3 Å². The van der Waals surface area contributed by atoms with Gasteiger partial charge in [0.05, 0.1) is 12.1 Å². The number of amides is 2. The van der Waals surface area contributed by atoms with Crippen LogP contribution in [0.3, 0.4) is 0 Å². The summed E-state index contributed by atoms with van der Waals surface area (Å²) in [6.07, 6.45) is 10.2. The Morgan fingerprint density at radius 3 is 2.44 bits per heavy atom. The summed E-state index contributed by atoms with van der Waals surface area (Å²) < 4.78 is 7.82. The number of hydrogen-bond acceptors (Lipinski definition) is 5. The zero-order valence-corrected chi connectivity index (χ0v) is 23.2. The third-order valence-electron chi connectivity index (χ3n) is 8.47. The molecule has 208 valence electrons. The molecule has 8 nitrogen and oxygen atoms in total. The number of carbonyl (C=O) groups is 3. The molecule has 0 bridgehead atoms. The maximum atomic E-state index is 13.3. The largest absolute Gasteiger partial charge is 0.493 e. The molecule has 0 radical (unpaired) electrons. The SMILES string of the molecule is CCOc1cccc2c1cc(C(=O)NC1=CC=C(N3CCN(C(=O)C4CCC(C=O)CC4)CC3)CC1)n2CC. The zero-order chi connectivity index (χ0) is 27.4. The number of ether oxygens (including phenoxy) is 1. The van der Waals surface area contributed by atoms with Crippen LogP contribution in [0.15, 0.2) is 47.8 Å². The van der Waals surface area contributed by atoms with E-state index < -0.39 is 0 Å². The second-order valence-corrected chi connectivity index (χ2v) is 10.8. The van der Waals surface area contributed by atoms with Crippen molar-refractivity contribution in [1.82, 2.24) is 19.7 Å². The van der Waals surface area contributed by atoms with Crippen molar-refractivity contribution in [3.8, 4) is 5.75 Å². The van der Waals surface area contributed by atoms with Crippen LogP contribution in [-0.2, 0) is 16.1 Å². The van der Waals surface area contributed by atoms with E-state index >= 15 is 0 Å². The number of carbonyl (C=O) groups excluding carboxylic acids is 3. The average Bonchev–Trinajstić information content (AvgIpc) is 3.37. The lowest BCUT2D eigenvalue weighted by Crippen LogP contribution is -2.50. The molecule has 2 fully saturated rings. The number of benzene rings is 1. The summed E-state index contributed by atoms with van der Waals surface area (Å²) >= 11 is 0. The van der Waals surface area contributed by atoms with Crippen molar-refractivity contribution in [2.45, 2.75) is 58.9 Å². The third-order valence-corrected chi connectivity index (χ3v) is 8.47. The number of allylic oxidation sites excluding steroid dienone is 4. The molecule has 1 aromatic heterocycles. The van der Waals surface area contributed by atoms with E-state index in [-0.39, 0.29) is 23.7 Å². The average molecular weight is 533 g/mol. The van der Waals surface area contributed by atoms with Crippen LogP contribution in [0.1, 0.15) is 62.9 Å². The molecule has 2 aromatic rings. The van der Waals surface area contributed by atoms with E-state index in [4.69, 9.17) is 4.74 Å². The lowest BCUT2D eigenvalue weighted by atomic mass is 9.82. The monoisotopic (exact) mass is 532 g/mol. The Morgan fingerprint density at radius 2 is 1.79 bits per heavy atom. The molecule has 0 atom stereocenters. The number of nitrogens with zero attached hydrogens (tertiary/aromatic N) is 3. The number of aryl methyl sites for hydroxylation is 1. The quantitative estimate of drug-likeness (QED) is 0.506.